The molecule has 1 saturated heterocycles. The molecule has 0 saturated carbocycles. The predicted octanol–water partition coefficient (Wildman–Crippen LogP) is 4.29. The molecule has 5 rings (SSSR count). The first-order valence-electron chi connectivity index (χ1n) is 10.6. The third-order valence-corrected chi connectivity index (χ3v) is 6.63. The summed E-state index contributed by atoms with van der Waals surface area (Å²) in [4.78, 5) is 13.3. The van der Waals surface area contributed by atoms with Crippen molar-refractivity contribution in [3.8, 4) is 22.7 Å². The number of hydrogen-bond donors (Lipinski definition) is 1. The number of amides is 1. The average Bonchev–Trinajstić information content (AvgIpc) is 3.38. The molecule has 2 unspecified atom stereocenters. The summed E-state index contributed by atoms with van der Waals surface area (Å²) in [6, 6.07) is 15.3. The number of halogens is 1. The summed E-state index contributed by atoms with van der Waals surface area (Å²) < 4.78 is 13.2. The van der Waals surface area contributed by atoms with Crippen molar-refractivity contribution in [3.05, 3.63) is 64.8 Å². The highest BCUT2D eigenvalue weighted by Crippen LogP contribution is 2.40. The smallest absolute Gasteiger partial charge is 0.407 e. The van der Waals surface area contributed by atoms with Gasteiger partial charge in [-0.25, -0.2) is 9.48 Å². The molecule has 1 amide bonds. The molecule has 2 atom stereocenters. The molecule has 0 spiro atoms. The maximum Gasteiger partial charge on any atom is 0.407 e. The highest BCUT2D eigenvalue weighted by Gasteiger charge is 2.40. The van der Waals surface area contributed by atoms with Crippen LogP contribution in [0.25, 0.3) is 16.9 Å². The minimum atomic E-state index is -0.889. The summed E-state index contributed by atoms with van der Waals surface area (Å²) in [6.07, 6.45) is 0.552. The van der Waals surface area contributed by atoms with Gasteiger partial charge in [-0.05, 0) is 43.0 Å². The van der Waals surface area contributed by atoms with E-state index in [9.17, 15) is 9.90 Å². The number of fused-ring (bicyclic) bond motifs is 1. The standard InChI is InChI=1S/C24H24ClN3O4/c1-31-22-5-3-2-4-20(22)28-23(15-6-8-17(25)9-7-15)18-12-16(13-19(18)26-28)21-14-32-11-10-27(21)24(29)30/h2-9,16,21H,10-14H2,1H3,(H,29,30). The molecule has 0 radical (unpaired) electrons. The largest absolute Gasteiger partial charge is 0.494 e. The number of para-hydroxylation sites is 2. The second-order valence-corrected chi connectivity index (χ2v) is 8.59. The molecule has 1 fully saturated rings. The summed E-state index contributed by atoms with van der Waals surface area (Å²) in [7, 11) is 1.65. The minimum absolute atomic E-state index is 0.127. The molecular weight excluding hydrogens is 430 g/mol. The Morgan fingerprint density at radius 3 is 2.72 bits per heavy atom. The van der Waals surface area contributed by atoms with Crippen LogP contribution in [0.4, 0.5) is 4.79 Å². The third-order valence-electron chi connectivity index (χ3n) is 6.37. The van der Waals surface area contributed by atoms with Crippen LogP contribution in [0.5, 0.6) is 5.75 Å². The maximum absolute atomic E-state index is 11.8. The number of ether oxygens (including phenoxy) is 2. The number of methoxy groups -OCH3 is 1. The zero-order chi connectivity index (χ0) is 22.2. The van der Waals surface area contributed by atoms with E-state index in [4.69, 9.17) is 26.2 Å². The van der Waals surface area contributed by atoms with Crippen LogP contribution < -0.4 is 4.74 Å². The van der Waals surface area contributed by atoms with Gasteiger partial charge in [0.05, 0.1) is 37.8 Å². The Hall–Kier alpha value is -3.03. The Morgan fingerprint density at radius 2 is 1.97 bits per heavy atom. The number of morpholine rings is 1. The van der Waals surface area contributed by atoms with Crippen LogP contribution in [0, 0.1) is 5.92 Å². The number of benzene rings is 2. The maximum atomic E-state index is 11.8. The third kappa shape index (κ3) is 3.61. The van der Waals surface area contributed by atoms with Crippen LogP contribution in [0.1, 0.15) is 11.3 Å². The van der Waals surface area contributed by atoms with Gasteiger partial charge in [-0.2, -0.15) is 5.10 Å². The lowest BCUT2D eigenvalue weighted by atomic mass is 9.94. The van der Waals surface area contributed by atoms with E-state index >= 15 is 0 Å². The second kappa shape index (κ2) is 8.48. The van der Waals surface area contributed by atoms with Crippen LogP contribution in [0.2, 0.25) is 5.02 Å². The van der Waals surface area contributed by atoms with Crippen molar-refractivity contribution in [2.24, 2.45) is 5.92 Å². The van der Waals surface area contributed by atoms with Gasteiger partial charge in [-0.15, -0.1) is 0 Å². The molecule has 32 heavy (non-hydrogen) atoms. The lowest BCUT2D eigenvalue weighted by Gasteiger charge is -2.37. The highest BCUT2D eigenvalue weighted by atomic mass is 35.5. The van der Waals surface area contributed by atoms with Gasteiger partial charge >= 0.3 is 6.09 Å². The van der Waals surface area contributed by atoms with Crippen molar-refractivity contribution in [3.63, 3.8) is 0 Å². The number of rotatable bonds is 4. The number of hydrogen-bond acceptors (Lipinski definition) is 4. The molecule has 1 N–H and O–H groups in total. The van der Waals surface area contributed by atoms with E-state index in [-0.39, 0.29) is 12.0 Å². The summed E-state index contributed by atoms with van der Waals surface area (Å²) >= 11 is 6.15. The molecule has 8 heteroatoms. The Balaban J connectivity index is 1.58. The Bertz CT molecular complexity index is 1140. The number of carbonyl (C=O) groups is 1. The summed E-state index contributed by atoms with van der Waals surface area (Å²) in [5.41, 5.74) is 4.98. The van der Waals surface area contributed by atoms with Gasteiger partial charge in [0, 0.05) is 22.7 Å². The van der Waals surface area contributed by atoms with Gasteiger partial charge < -0.3 is 19.5 Å². The summed E-state index contributed by atoms with van der Waals surface area (Å²) in [5, 5.41) is 15.3. The van der Waals surface area contributed by atoms with Gasteiger partial charge in [0.2, 0.25) is 0 Å². The van der Waals surface area contributed by atoms with Crippen molar-refractivity contribution < 1.29 is 19.4 Å². The first-order valence-corrected chi connectivity index (χ1v) is 11.0. The zero-order valence-corrected chi connectivity index (χ0v) is 18.5. The van der Waals surface area contributed by atoms with Gasteiger partial charge in [0.1, 0.15) is 11.4 Å². The SMILES string of the molecule is COc1ccccc1-n1nc2c(c1-c1ccc(Cl)cc1)CC(C1COCCN1C(=O)O)C2. The van der Waals surface area contributed by atoms with Gasteiger partial charge in [0.15, 0.2) is 0 Å². The predicted molar refractivity (Wildman–Crippen MR) is 121 cm³/mol. The Morgan fingerprint density at radius 1 is 1.19 bits per heavy atom. The summed E-state index contributed by atoms with van der Waals surface area (Å²) in [5.74, 6) is 0.862. The number of nitrogens with zero attached hydrogens (tertiary/aromatic N) is 3. The van der Waals surface area contributed by atoms with E-state index in [1.807, 2.05) is 53.2 Å². The fourth-order valence-corrected chi connectivity index (χ4v) is 4.99. The lowest BCUT2D eigenvalue weighted by molar-refractivity contribution is -0.0192. The van der Waals surface area contributed by atoms with E-state index in [2.05, 4.69) is 0 Å². The first kappa shape index (κ1) is 20.8. The van der Waals surface area contributed by atoms with Crippen LogP contribution in [-0.2, 0) is 17.6 Å². The van der Waals surface area contributed by atoms with E-state index < -0.39 is 6.09 Å². The average molecular weight is 454 g/mol. The molecule has 166 valence electrons. The fraction of sp³-hybridized carbons (Fsp3) is 0.333. The van der Waals surface area contributed by atoms with Crippen molar-refractivity contribution in [1.82, 2.24) is 14.7 Å². The van der Waals surface area contributed by atoms with Gasteiger partial charge in [-0.1, -0.05) is 35.9 Å². The zero-order valence-electron chi connectivity index (χ0n) is 17.7. The van der Waals surface area contributed by atoms with Crippen LogP contribution in [0.3, 0.4) is 0 Å². The van der Waals surface area contributed by atoms with Gasteiger partial charge in [0.25, 0.3) is 0 Å². The number of aromatic nitrogens is 2. The molecule has 7 nitrogen and oxygen atoms in total. The molecule has 1 aliphatic carbocycles. The van der Waals surface area contributed by atoms with Gasteiger partial charge in [-0.3, -0.25) is 0 Å². The van der Waals surface area contributed by atoms with E-state index in [1.165, 1.54) is 4.90 Å². The normalized spacial score (nSPS) is 20.2. The van der Waals surface area contributed by atoms with Crippen LogP contribution in [-0.4, -0.2) is 58.8 Å². The van der Waals surface area contributed by atoms with Crippen LogP contribution >= 0.6 is 11.6 Å². The molecule has 2 aliphatic rings. The number of carboxylic acid groups (broad SMARTS) is 1. The van der Waals surface area contributed by atoms with Crippen molar-refractivity contribution >= 4 is 17.7 Å². The topological polar surface area (TPSA) is 76.8 Å². The fourth-order valence-electron chi connectivity index (χ4n) is 4.86. The monoisotopic (exact) mass is 453 g/mol. The Kier molecular flexibility index (Phi) is 5.53. The molecule has 1 aliphatic heterocycles. The van der Waals surface area contributed by atoms with Crippen LogP contribution in [0.15, 0.2) is 48.5 Å². The van der Waals surface area contributed by atoms with Crippen molar-refractivity contribution in [1.29, 1.82) is 0 Å². The highest BCUT2D eigenvalue weighted by molar-refractivity contribution is 6.30. The first-order chi connectivity index (χ1) is 15.6. The Labute approximate surface area is 191 Å². The summed E-state index contributed by atoms with van der Waals surface area (Å²) in [6.45, 7) is 1.26. The molecule has 1 aromatic heterocycles. The van der Waals surface area contributed by atoms with Crippen molar-refractivity contribution in [2.45, 2.75) is 18.9 Å². The molecule has 3 aromatic rings. The molecular formula is C24H24ClN3O4. The second-order valence-electron chi connectivity index (χ2n) is 8.15. The van der Waals surface area contributed by atoms with E-state index in [0.717, 1.165) is 40.4 Å². The molecule has 0 bridgehead atoms. The van der Waals surface area contributed by atoms with E-state index in [0.29, 0.717) is 31.2 Å². The molecule has 2 aromatic carbocycles. The lowest BCUT2D eigenvalue weighted by Crippen LogP contribution is -2.52. The quantitative estimate of drug-likeness (QED) is 0.637. The minimum Gasteiger partial charge on any atom is -0.494 e. The van der Waals surface area contributed by atoms with E-state index in [1.54, 1.807) is 7.11 Å². The molecule has 2 heterocycles. The van der Waals surface area contributed by atoms with Crippen molar-refractivity contribution in [2.75, 3.05) is 26.9 Å².